The minimum atomic E-state index is -0.453. The molecule has 0 saturated carbocycles. The van der Waals surface area contributed by atoms with Crippen molar-refractivity contribution in [3.63, 3.8) is 0 Å². The van der Waals surface area contributed by atoms with E-state index in [-0.39, 0.29) is 18.4 Å². The van der Waals surface area contributed by atoms with Crippen molar-refractivity contribution >= 4 is 33.8 Å². The molecule has 0 atom stereocenters. The zero-order valence-corrected chi connectivity index (χ0v) is 16.2. The van der Waals surface area contributed by atoms with Crippen LogP contribution in [0.3, 0.4) is 0 Å². The second-order valence-corrected chi connectivity index (χ2v) is 6.50. The molecular formula is C18H20BrFN4O2. The summed E-state index contributed by atoms with van der Waals surface area (Å²) in [7, 11) is 1.52. The molecule has 6 nitrogen and oxygen atoms in total. The molecule has 26 heavy (non-hydrogen) atoms. The fourth-order valence-corrected chi connectivity index (χ4v) is 2.59. The van der Waals surface area contributed by atoms with Crippen LogP contribution in [0.15, 0.2) is 41.1 Å². The second-order valence-electron chi connectivity index (χ2n) is 5.58. The Morgan fingerprint density at radius 2 is 2.19 bits per heavy atom. The number of nitrogens with zero attached hydrogens (tertiary/aromatic N) is 3. The van der Waals surface area contributed by atoms with E-state index >= 15 is 0 Å². The summed E-state index contributed by atoms with van der Waals surface area (Å²) in [6, 6.07) is 4.62. The van der Waals surface area contributed by atoms with E-state index in [0.717, 1.165) is 10.9 Å². The van der Waals surface area contributed by atoms with Crippen molar-refractivity contribution in [2.75, 3.05) is 20.1 Å². The van der Waals surface area contributed by atoms with Crippen molar-refractivity contribution in [1.82, 2.24) is 20.0 Å². The first kappa shape index (κ1) is 19.8. The van der Waals surface area contributed by atoms with E-state index in [1.807, 2.05) is 6.92 Å². The molecule has 0 spiro atoms. The zero-order valence-electron chi connectivity index (χ0n) is 14.6. The maximum Gasteiger partial charge on any atom is 0.247 e. The number of likely N-dealkylation sites (N-methyl/N-ethyl adjacent to an activating group) is 1. The van der Waals surface area contributed by atoms with Crippen LogP contribution in [0.2, 0.25) is 0 Å². The number of rotatable bonds is 7. The third-order valence-corrected chi connectivity index (χ3v) is 4.02. The summed E-state index contributed by atoms with van der Waals surface area (Å²) in [6.07, 6.45) is 6.83. The summed E-state index contributed by atoms with van der Waals surface area (Å²) >= 11 is 3.27. The normalized spacial score (nSPS) is 10.9. The number of benzene rings is 1. The van der Waals surface area contributed by atoms with Gasteiger partial charge >= 0.3 is 0 Å². The average molecular weight is 423 g/mol. The van der Waals surface area contributed by atoms with Crippen LogP contribution in [-0.4, -0.2) is 46.6 Å². The highest BCUT2D eigenvalue weighted by Gasteiger charge is 2.13. The summed E-state index contributed by atoms with van der Waals surface area (Å²) in [5.74, 6) is -0.983. The van der Waals surface area contributed by atoms with Gasteiger partial charge in [0.1, 0.15) is 11.5 Å². The minimum absolute atomic E-state index is 0.00497. The summed E-state index contributed by atoms with van der Waals surface area (Å²) in [6.45, 7) is 2.39. The largest absolute Gasteiger partial charge is 0.358 e. The van der Waals surface area contributed by atoms with Crippen molar-refractivity contribution < 1.29 is 14.0 Å². The molecule has 1 aromatic carbocycles. The number of aromatic nitrogens is 2. The molecule has 2 amide bonds. The van der Waals surface area contributed by atoms with E-state index in [1.165, 1.54) is 34.8 Å². The van der Waals surface area contributed by atoms with Gasteiger partial charge in [-0.3, -0.25) is 9.59 Å². The van der Waals surface area contributed by atoms with Crippen LogP contribution in [0.25, 0.3) is 11.8 Å². The molecule has 0 fully saturated rings. The quantitative estimate of drug-likeness (QED) is 0.697. The summed E-state index contributed by atoms with van der Waals surface area (Å²) < 4.78 is 16.5. The molecule has 0 aliphatic heterocycles. The van der Waals surface area contributed by atoms with Crippen LogP contribution in [-0.2, 0) is 9.59 Å². The van der Waals surface area contributed by atoms with Gasteiger partial charge in [0.05, 0.1) is 17.2 Å². The van der Waals surface area contributed by atoms with Crippen molar-refractivity contribution in [2.24, 2.45) is 0 Å². The van der Waals surface area contributed by atoms with Crippen molar-refractivity contribution in [1.29, 1.82) is 0 Å². The molecule has 1 aromatic heterocycles. The fraction of sp³-hybridized carbons (Fsp3) is 0.278. The van der Waals surface area contributed by atoms with Gasteiger partial charge in [-0.05, 0) is 46.1 Å². The topological polar surface area (TPSA) is 67.2 Å². The molecule has 138 valence electrons. The van der Waals surface area contributed by atoms with Gasteiger partial charge < -0.3 is 10.2 Å². The predicted octanol–water partition coefficient (Wildman–Crippen LogP) is 2.77. The van der Waals surface area contributed by atoms with Crippen molar-refractivity contribution in [3.8, 4) is 5.69 Å². The molecule has 8 heteroatoms. The molecule has 1 N–H and O–H groups in total. The van der Waals surface area contributed by atoms with Gasteiger partial charge in [-0.25, -0.2) is 9.07 Å². The summed E-state index contributed by atoms with van der Waals surface area (Å²) in [5.41, 5.74) is 0.855. The van der Waals surface area contributed by atoms with Gasteiger partial charge in [-0.1, -0.05) is 13.0 Å². The maximum absolute atomic E-state index is 14.3. The lowest BCUT2D eigenvalue weighted by molar-refractivity contribution is -0.132. The first-order valence-corrected chi connectivity index (χ1v) is 8.91. The number of carbonyl (C=O) groups is 2. The van der Waals surface area contributed by atoms with E-state index in [1.54, 1.807) is 24.5 Å². The molecule has 0 radical (unpaired) electrons. The Morgan fingerprint density at radius 1 is 1.42 bits per heavy atom. The molecule has 0 aliphatic carbocycles. The Labute approximate surface area is 159 Å². The Kier molecular flexibility index (Phi) is 7.08. The number of hydrogen-bond donors (Lipinski definition) is 1. The number of hydrogen-bond acceptors (Lipinski definition) is 3. The summed E-state index contributed by atoms with van der Waals surface area (Å²) in [4.78, 5) is 25.2. The van der Waals surface area contributed by atoms with Gasteiger partial charge in [0, 0.05) is 25.9 Å². The van der Waals surface area contributed by atoms with Crippen LogP contribution in [0.4, 0.5) is 4.39 Å². The Bertz CT molecular complexity index is 819. The van der Waals surface area contributed by atoms with Crippen molar-refractivity contribution in [3.05, 3.63) is 52.5 Å². The van der Waals surface area contributed by atoms with E-state index < -0.39 is 5.82 Å². The highest BCUT2D eigenvalue weighted by molar-refractivity contribution is 9.10. The van der Waals surface area contributed by atoms with Crippen LogP contribution in [0.1, 0.15) is 18.9 Å². The Balaban J connectivity index is 2.12. The summed E-state index contributed by atoms with van der Waals surface area (Å²) in [5, 5.41) is 6.54. The number of carbonyl (C=O) groups excluding carboxylic acids is 2. The maximum atomic E-state index is 14.3. The molecule has 0 saturated heterocycles. The highest BCUT2D eigenvalue weighted by Crippen LogP contribution is 2.18. The highest BCUT2D eigenvalue weighted by atomic mass is 79.9. The number of amides is 2. The standard InChI is InChI=1S/C18H20BrFN4O2/c1-3-8-23(12-17(25)21-2)18(26)7-5-13-4-6-16(15(20)9-13)24-11-14(19)10-22-24/h4-7,9-11H,3,8,12H2,1-2H3,(H,21,25)/b7-5+. The number of nitrogens with one attached hydrogen (secondary N) is 1. The lowest BCUT2D eigenvalue weighted by atomic mass is 10.1. The smallest absolute Gasteiger partial charge is 0.247 e. The van der Waals surface area contributed by atoms with Crippen molar-refractivity contribution in [2.45, 2.75) is 13.3 Å². The van der Waals surface area contributed by atoms with Gasteiger partial charge in [0.25, 0.3) is 0 Å². The molecule has 2 aromatic rings. The number of halogens is 2. The van der Waals surface area contributed by atoms with Crippen LogP contribution < -0.4 is 5.32 Å². The third kappa shape index (κ3) is 5.26. The molecule has 0 aliphatic rings. The molecular weight excluding hydrogens is 403 g/mol. The lowest BCUT2D eigenvalue weighted by Crippen LogP contribution is -2.39. The third-order valence-electron chi connectivity index (χ3n) is 3.61. The van der Waals surface area contributed by atoms with Gasteiger partial charge in [0.2, 0.25) is 11.8 Å². The first-order valence-electron chi connectivity index (χ1n) is 8.12. The molecule has 0 bridgehead atoms. The van der Waals surface area contributed by atoms with Gasteiger partial charge in [-0.2, -0.15) is 5.10 Å². The fourth-order valence-electron chi connectivity index (χ4n) is 2.31. The predicted molar refractivity (Wildman–Crippen MR) is 101 cm³/mol. The van der Waals surface area contributed by atoms with E-state index in [0.29, 0.717) is 17.8 Å². The molecule has 0 unspecified atom stereocenters. The SMILES string of the molecule is CCCN(CC(=O)NC)C(=O)/C=C/c1ccc(-n2cc(Br)cn2)c(F)c1. The van der Waals surface area contributed by atoms with Crippen LogP contribution >= 0.6 is 15.9 Å². The van der Waals surface area contributed by atoms with E-state index in [4.69, 9.17) is 0 Å². The Morgan fingerprint density at radius 3 is 2.77 bits per heavy atom. The van der Waals surface area contributed by atoms with Gasteiger partial charge in [0.15, 0.2) is 0 Å². The second kappa shape index (κ2) is 9.28. The van der Waals surface area contributed by atoms with Crippen LogP contribution in [0, 0.1) is 5.82 Å². The monoisotopic (exact) mass is 422 g/mol. The van der Waals surface area contributed by atoms with E-state index in [9.17, 15) is 14.0 Å². The lowest BCUT2D eigenvalue weighted by Gasteiger charge is -2.19. The van der Waals surface area contributed by atoms with Crippen LogP contribution in [0.5, 0.6) is 0 Å². The molecule has 1 heterocycles. The Hall–Kier alpha value is -2.48. The first-order chi connectivity index (χ1) is 12.4. The molecule has 2 rings (SSSR count). The average Bonchev–Trinajstić information content (AvgIpc) is 3.05. The minimum Gasteiger partial charge on any atom is -0.358 e. The zero-order chi connectivity index (χ0) is 19.1. The van der Waals surface area contributed by atoms with Gasteiger partial charge in [-0.15, -0.1) is 0 Å². The van der Waals surface area contributed by atoms with E-state index in [2.05, 4.69) is 26.3 Å².